The number of hydrogen-bond donors (Lipinski definition) is 1. The number of para-hydroxylation sites is 1. The summed E-state index contributed by atoms with van der Waals surface area (Å²) >= 11 is 1.67. The summed E-state index contributed by atoms with van der Waals surface area (Å²) in [7, 11) is 0. The molecule has 1 fully saturated rings. The van der Waals surface area contributed by atoms with E-state index in [0.717, 1.165) is 29.9 Å². The normalized spacial score (nSPS) is 19.7. The standard InChI is InChI=1S/C17H22N2O2S/c1-12(20)11-13-5-4-10-19(13)17(21)9-8-16-18-14-6-2-3-7-15(14)22-16/h2-3,6-7,12-13,20H,4-5,8-11H2,1H3. The van der Waals surface area contributed by atoms with Crippen LogP contribution in [-0.4, -0.2) is 39.6 Å². The Bertz CT molecular complexity index is 620. The molecule has 0 aliphatic carbocycles. The minimum absolute atomic E-state index is 0.197. The average Bonchev–Trinajstić information content (AvgIpc) is 3.10. The summed E-state index contributed by atoms with van der Waals surface area (Å²) in [5.74, 6) is 0.197. The number of likely N-dealkylation sites (tertiary alicyclic amines) is 1. The van der Waals surface area contributed by atoms with E-state index in [9.17, 15) is 9.90 Å². The first kappa shape index (κ1) is 15.4. The van der Waals surface area contributed by atoms with Crippen molar-refractivity contribution in [3.63, 3.8) is 0 Å². The molecule has 3 rings (SSSR count). The van der Waals surface area contributed by atoms with Gasteiger partial charge in [-0.3, -0.25) is 4.79 Å². The maximum absolute atomic E-state index is 12.4. The van der Waals surface area contributed by atoms with Crippen LogP contribution in [0, 0.1) is 0 Å². The molecular weight excluding hydrogens is 296 g/mol. The van der Waals surface area contributed by atoms with Crippen molar-refractivity contribution in [1.82, 2.24) is 9.88 Å². The third-order valence-electron chi connectivity index (χ3n) is 4.20. The lowest BCUT2D eigenvalue weighted by Gasteiger charge is -2.25. The van der Waals surface area contributed by atoms with Gasteiger partial charge in [-0.2, -0.15) is 0 Å². The van der Waals surface area contributed by atoms with Gasteiger partial charge in [0.1, 0.15) is 0 Å². The van der Waals surface area contributed by atoms with Gasteiger partial charge in [0.2, 0.25) is 5.91 Å². The van der Waals surface area contributed by atoms with Crippen molar-refractivity contribution in [3.05, 3.63) is 29.3 Å². The van der Waals surface area contributed by atoms with Gasteiger partial charge in [0, 0.05) is 25.4 Å². The van der Waals surface area contributed by atoms with E-state index in [4.69, 9.17) is 0 Å². The number of thiazole rings is 1. The predicted molar refractivity (Wildman–Crippen MR) is 89.0 cm³/mol. The van der Waals surface area contributed by atoms with E-state index >= 15 is 0 Å². The molecule has 2 atom stereocenters. The minimum atomic E-state index is -0.345. The fourth-order valence-corrected chi connectivity index (χ4v) is 4.15. The third kappa shape index (κ3) is 3.47. The maximum Gasteiger partial charge on any atom is 0.223 e. The monoisotopic (exact) mass is 318 g/mol. The van der Waals surface area contributed by atoms with Crippen molar-refractivity contribution in [2.45, 2.75) is 51.2 Å². The molecule has 1 aliphatic heterocycles. The maximum atomic E-state index is 12.4. The van der Waals surface area contributed by atoms with Gasteiger partial charge in [-0.1, -0.05) is 12.1 Å². The number of carbonyl (C=O) groups is 1. The molecule has 22 heavy (non-hydrogen) atoms. The van der Waals surface area contributed by atoms with E-state index < -0.39 is 0 Å². The summed E-state index contributed by atoms with van der Waals surface area (Å²) < 4.78 is 1.18. The van der Waals surface area contributed by atoms with Crippen molar-refractivity contribution in [2.24, 2.45) is 0 Å². The number of aromatic nitrogens is 1. The zero-order valence-electron chi connectivity index (χ0n) is 12.9. The Labute approximate surface area is 134 Å². The molecule has 4 nitrogen and oxygen atoms in total. The van der Waals surface area contributed by atoms with E-state index in [0.29, 0.717) is 19.3 Å². The number of rotatable bonds is 5. The van der Waals surface area contributed by atoms with Crippen LogP contribution in [0.3, 0.4) is 0 Å². The number of hydrogen-bond acceptors (Lipinski definition) is 4. The Morgan fingerprint density at radius 2 is 2.32 bits per heavy atom. The largest absolute Gasteiger partial charge is 0.393 e. The van der Waals surface area contributed by atoms with Crippen LogP contribution in [-0.2, 0) is 11.2 Å². The first-order valence-electron chi connectivity index (χ1n) is 7.95. The van der Waals surface area contributed by atoms with Crippen LogP contribution in [0.4, 0.5) is 0 Å². The molecule has 1 aromatic heterocycles. The van der Waals surface area contributed by atoms with E-state index in [1.54, 1.807) is 18.3 Å². The molecule has 2 unspecified atom stereocenters. The van der Waals surface area contributed by atoms with Gasteiger partial charge in [-0.15, -0.1) is 11.3 Å². The SMILES string of the molecule is CC(O)CC1CCCN1C(=O)CCc1nc2ccccc2s1. The van der Waals surface area contributed by atoms with Gasteiger partial charge in [-0.05, 0) is 38.3 Å². The second kappa shape index (κ2) is 6.75. The molecule has 1 aromatic carbocycles. The lowest BCUT2D eigenvalue weighted by Crippen LogP contribution is -2.37. The lowest BCUT2D eigenvalue weighted by molar-refractivity contribution is -0.132. The number of benzene rings is 1. The molecule has 2 aromatic rings. The smallest absolute Gasteiger partial charge is 0.223 e. The highest BCUT2D eigenvalue weighted by atomic mass is 32.1. The second-order valence-electron chi connectivity index (χ2n) is 6.04. The molecule has 0 saturated carbocycles. The summed E-state index contributed by atoms with van der Waals surface area (Å²) in [5, 5.41) is 10.6. The number of aliphatic hydroxyl groups is 1. The topological polar surface area (TPSA) is 53.4 Å². The molecule has 0 spiro atoms. The van der Waals surface area contributed by atoms with Crippen molar-refractivity contribution in [1.29, 1.82) is 0 Å². The Balaban J connectivity index is 1.59. The van der Waals surface area contributed by atoms with Gasteiger partial charge in [0.15, 0.2) is 0 Å². The number of carbonyl (C=O) groups excluding carboxylic acids is 1. The zero-order valence-corrected chi connectivity index (χ0v) is 13.7. The van der Waals surface area contributed by atoms with E-state index in [1.807, 2.05) is 23.1 Å². The zero-order chi connectivity index (χ0) is 15.5. The lowest BCUT2D eigenvalue weighted by atomic mass is 10.1. The molecule has 0 radical (unpaired) electrons. The van der Waals surface area contributed by atoms with Crippen LogP contribution < -0.4 is 0 Å². The van der Waals surface area contributed by atoms with Crippen LogP contribution in [0.5, 0.6) is 0 Å². The van der Waals surface area contributed by atoms with Crippen LogP contribution in [0.1, 0.15) is 37.6 Å². The highest BCUT2D eigenvalue weighted by Crippen LogP contribution is 2.25. The van der Waals surface area contributed by atoms with E-state index in [-0.39, 0.29) is 18.1 Å². The number of aliphatic hydroxyl groups excluding tert-OH is 1. The molecule has 1 amide bonds. The number of nitrogens with zero attached hydrogens (tertiary/aromatic N) is 2. The number of fused-ring (bicyclic) bond motifs is 1. The molecule has 2 heterocycles. The summed E-state index contributed by atoms with van der Waals surface area (Å²) in [6.07, 6.45) is 3.61. The summed E-state index contributed by atoms with van der Waals surface area (Å²) in [4.78, 5) is 19.0. The van der Waals surface area contributed by atoms with Gasteiger partial charge in [0.25, 0.3) is 0 Å². The first-order valence-corrected chi connectivity index (χ1v) is 8.77. The van der Waals surface area contributed by atoms with Crippen molar-refractivity contribution < 1.29 is 9.90 Å². The van der Waals surface area contributed by atoms with Gasteiger partial charge in [0.05, 0.1) is 21.3 Å². The predicted octanol–water partition coefficient (Wildman–Crippen LogP) is 2.99. The minimum Gasteiger partial charge on any atom is -0.393 e. The molecule has 0 bridgehead atoms. The second-order valence-corrected chi connectivity index (χ2v) is 7.16. The highest BCUT2D eigenvalue weighted by Gasteiger charge is 2.29. The third-order valence-corrected chi connectivity index (χ3v) is 5.30. The van der Waals surface area contributed by atoms with E-state index in [2.05, 4.69) is 11.1 Å². The van der Waals surface area contributed by atoms with Crippen molar-refractivity contribution in [3.8, 4) is 0 Å². The van der Waals surface area contributed by atoms with E-state index in [1.165, 1.54) is 4.70 Å². The van der Waals surface area contributed by atoms with Gasteiger partial charge < -0.3 is 10.0 Å². The summed E-state index contributed by atoms with van der Waals surface area (Å²) in [6, 6.07) is 8.29. The Hall–Kier alpha value is -1.46. The van der Waals surface area contributed by atoms with Crippen LogP contribution >= 0.6 is 11.3 Å². The Morgan fingerprint density at radius 1 is 1.50 bits per heavy atom. The Morgan fingerprint density at radius 3 is 3.09 bits per heavy atom. The molecule has 1 saturated heterocycles. The molecule has 1 N–H and O–H groups in total. The summed E-state index contributed by atoms with van der Waals surface area (Å²) in [6.45, 7) is 2.62. The van der Waals surface area contributed by atoms with Gasteiger partial charge >= 0.3 is 0 Å². The summed E-state index contributed by atoms with van der Waals surface area (Å²) in [5.41, 5.74) is 1.02. The number of amides is 1. The Kier molecular flexibility index (Phi) is 4.74. The first-order chi connectivity index (χ1) is 10.6. The molecule has 5 heteroatoms. The van der Waals surface area contributed by atoms with Crippen LogP contribution in [0.15, 0.2) is 24.3 Å². The van der Waals surface area contributed by atoms with Crippen molar-refractivity contribution >= 4 is 27.5 Å². The highest BCUT2D eigenvalue weighted by molar-refractivity contribution is 7.18. The number of aryl methyl sites for hydroxylation is 1. The van der Waals surface area contributed by atoms with Crippen LogP contribution in [0.25, 0.3) is 10.2 Å². The quantitative estimate of drug-likeness (QED) is 0.922. The van der Waals surface area contributed by atoms with Crippen LogP contribution in [0.2, 0.25) is 0 Å². The molecular formula is C17H22N2O2S. The average molecular weight is 318 g/mol. The van der Waals surface area contributed by atoms with Crippen molar-refractivity contribution in [2.75, 3.05) is 6.54 Å². The molecule has 118 valence electrons. The fourth-order valence-electron chi connectivity index (χ4n) is 3.19. The van der Waals surface area contributed by atoms with Gasteiger partial charge in [-0.25, -0.2) is 4.98 Å². The fraction of sp³-hybridized carbons (Fsp3) is 0.529. The molecule has 1 aliphatic rings.